The van der Waals surface area contributed by atoms with E-state index in [2.05, 4.69) is 15.6 Å². The third kappa shape index (κ3) is 5.07. The molecule has 4 amide bonds. The Morgan fingerprint density at radius 1 is 1.24 bits per heavy atom. The zero-order valence-corrected chi connectivity index (χ0v) is 21.4. The van der Waals surface area contributed by atoms with Crippen LogP contribution in [0.15, 0.2) is 48.4 Å². The molecule has 2 aliphatic carbocycles. The lowest BCUT2D eigenvalue weighted by Crippen LogP contribution is -2.59. The molecular formula is C27H29ClN6O3. The van der Waals surface area contributed by atoms with Gasteiger partial charge in [-0.1, -0.05) is 43.4 Å². The first-order valence-electron chi connectivity index (χ1n) is 12.7. The number of hydrogen-bond donors (Lipinski definition) is 2. The van der Waals surface area contributed by atoms with Crippen molar-refractivity contribution in [3.8, 4) is 17.7 Å². The van der Waals surface area contributed by atoms with Gasteiger partial charge < -0.3 is 10.1 Å². The van der Waals surface area contributed by atoms with Crippen LogP contribution in [0.3, 0.4) is 0 Å². The van der Waals surface area contributed by atoms with Gasteiger partial charge in [0.05, 0.1) is 5.02 Å². The maximum absolute atomic E-state index is 13.4. The number of nitrogens with zero attached hydrogens (tertiary/aromatic N) is 4. The molecule has 1 aromatic carbocycles. The quantitative estimate of drug-likeness (QED) is 0.470. The monoisotopic (exact) mass is 520 g/mol. The lowest BCUT2D eigenvalue weighted by molar-refractivity contribution is 0.141. The van der Waals surface area contributed by atoms with Crippen LogP contribution in [0, 0.1) is 16.7 Å². The van der Waals surface area contributed by atoms with Crippen molar-refractivity contribution in [3.63, 3.8) is 0 Å². The predicted molar refractivity (Wildman–Crippen MR) is 139 cm³/mol. The summed E-state index contributed by atoms with van der Waals surface area (Å²) in [7, 11) is 0. The topological polar surface area (TPSA) is 111 Å². The Kier molecular flexibility index (Phi) is 6.94. The molecule has 3 fully saturated rings. The summed E-state index contributed by atoms with van der Waals surface area (Å²) in [5.41, 5.74) is 1.05. The van der Waals surface area contributed by atoms with Gasteiger partial charge in [0.2, 0.25) is 5.88 Å². The van der Waals surface area contributed by atoms with E-state index in [1.165, 1.54) is 30.6 Å². The Morgan fingerprint density at radius 2 is 2.03 bits per heavy atom. The fourth-order valence-electron chi connectivity index (χ4n) is 5.38. The molecule has 2 saturated carbocycles. The molecule has 3 aliphatic rings. The van der Waals surface area contributed by atoms with E-state index in [-0.39, 0.29) is 29.1 Å². The van der Waals surface area contributed by atoms with Gasteiger partial charge in [0, 0.05) is 30.5 Å². The summed E-state index contributed by atoms with van der Waals surface area (Å²) in [5.74, 6) is 1.09. The standard InChI is InChI=1S/C27H29ClN6O3/c1-2-33-25(35)32-23(34(26(33)36)22-15-27(22)12-5-3-4-6-13-27)17-30-18-10-11-21(20(28)14-18)37-24-9-7-8-19(16-29)31-24/h7-11,14,17,22,30H,2-6,12-13,15H2,1H3,(H,32,35). The van der Waals surface area contributed by atoms with Gasteiger partial charge in [0.15, 0.2) is 0 Å². The summed E-state index contributed by atoms with van der Waals surface area (Å²) >= 11 is 6.44. The fraction of sp³-hybridized carbons (Fsp3) is 0.407. The number of halogens is 1. The Hall–Kier alpha value is -3.77. The van der Waals surface area contributed by atoms with Crippen LogP contribution < -0.4 is 15.4 Å². The van der Waals surface area contributed by atoms with Crippen LogP contribution in [0.5, 0.6) is 11.6 Å². The zero-order chi connectivity index (χ0) is 26.0. The fourth-order valence-corrected chi connectivity index (χ4v) is 5.60. The van der Waals surface area contributed by atoms with Crippen molar-refractivity contribution < 1.29 is 14.3 Å². The third-order valence-electron chi connectivity index (χ3n) is 7.41. The van der Waals surface area contributed by atoms with Crippen molar-refractivity contribution in [3.05, 3.63) is 59.1 Å². The van der Waals surface area contributed by atoms with Gasteiger partial charge in [-0.3, -0.25) is 10.2 Å². The number of hydrogen-bond acceptors (Lipinski definition) is 6. The number of carbonyl (C=O) groups is 2. The highest BCUT2D eigenvalue weighted by atomic mass is 35.5. The number of carbonyl (C=O) groups excluding carboxylic acids is 2. The van der Waals surface area contributed by atoms with E-state index in [1.807, 2.05) is 6.07 Å². The number of imide groups is 1. The average Bonchev–Trinajstić information content (AvgIpc) is 3.65. The van der Waals surface area contributed by atoms with E-state index < -0.39 is 6.03 Å². The van der Waals surface area contributed by atoms with Gasteiger partial charge in [-0.15, -0.1) is 0 Å². The second-order valence-electron chi connectivity index (χ2n) is 9.72. The smallest absolute Gasteiger partial charge is 0.334 e. The van der Waals surface area contributed by atoms with Crippen molar-refractivity contribution >= 4 is 29.4 Å². The Labute approximate surface area is 221 Å². The summed E-state index contributed by atoms with van der Waals surface area (Å²) < 4.78 is 5.73. The maximum atomic E-state index is 13.4. The molecule has 1 unspecified atom stereocenters. The maximum Gasteiger partial charge on any atom is 0.334 e. The van der Waals surface area contributed by atoms with E-state index in [4.69, 9.17) is 21.6 Å². The highest BCUT2D eigenvalue weighted by Gasteiger charge is 2.59. The number of ether oxygens (including phenoxy) is 1. The van der Waals surface area contributed by atoms with Gasteiger partial charge in [-0.05, 0) is 55.9 Å². The van der Waals surface area contributed by atoms with E-state index in [0.29, 0.717) is 28.8 Å². The number of pyridine rings is 1. The second-order valence-corrected chi connectivity index (χ2v) is 10.1. The largest absolute Gasteiger partial charge is 0.437 e. The molecule has 2 aromatic rings. The van der Waals surface area contributed by atoms with E-state index in [1.54, 1.807) is 54.4 Å². The number of benzene rings is 1. The first-order valence-corrected chi connectivity index (χ1v) is 13.0. The highest BCUT2D eigenvalue weighted by Crippen LogP contribution is 2.59. The van der Waals surface area contributed by atoms with Crippen LogP contribution in [0.25, 0.3) is 0 Å². The number of aromatic nitrogens is 1. The van der Waals surface area contributed by atoms with Crippen molar-refractivity contribution in [1.82, 2.24) is 20.1 Å². The Morgan fingerprint density at radius 3 is 2.73 bits per heavy atom. The second kappa shape index (κ2) is 10.3. The van der Waals surface area contributed by atoms with Crippen LogP contribution in [0.4, 0.5) is 15.3 Å². The molecule has 1 aliphatic heterocycles. The van der Waals surface area contributed by atoms with Crippen molar-refractivity contribution in [2.45, 2.75) is 57.9 Å². The minimum absolute atomic E-state index is 0.0804. The molecule has 5 rings (SSSR count). The van der Waals surface area contributed by atoms with Crippen LogP contribution in [-0.2, 0) is 0 Å². The van der Waals surface area contributed by atoms with Gasteiger partial charge in [-0.2, -0.15) is 5.26 Å². The van der Waals surface area contributed by atoms with Gasteiger partial charge in [0.1, 0.15) is 23.3 Å². The molecule has 1 saturated heterocycles. The zero-order valence-electron chi connectivity index (χ0n) is 20.7. The minimum Gasteiger partial charge on any atom is -0.437 e. The summed E-state index contributed by atoms with van der Waals surface area (Å²) in [5, 5.41) is 15.4. The van der Waals surface area contributed by atoms with Gasteiger partial charge in [-0.25, -0.2) is 19.5 Å². The third-order valence-corrected chi connectivity index (χ3v) is 7.71. The van der Waals surface area contributed by atoms with Crippen molar-refractivity contribution in [2.75, 3.05) is 11.9 Å². The summed E-state index contributed by atoms with van der Waals surface area (Å²) in [6, 6.07) is 11.4. The van der Waals surface area contributed by atoms with E-state index in [0.717, 1.165) is 19.3 Å². The molecule has 1 atom stereocenters. The normalized spacial score (nSPS) is 21.9. The molecule has 2 heterocycles. The number of urea groups is 2. The molecule has 9 nitrogen and oxygen atoms in total. The Bertz CT molecular complexity index is 1280. The highest BCUT2D eigenvalue weighted by molar-refractivity contribution is 6.32. The van der Waals surface area contributed by atoms with Crippen molar-refractivity contribution in [1.29, 1.82) is 5.26 Å². The summed E-state index contributed by atoms with van der Waals surface area (Å²) in [6.45, 7) is 2.11. The lowest BCUT2D eigenvalue weighted by Gasteiger charge is -2.37. The van der Waals surface area contributed by atoms with Crippen LogP contribution in [0.2, 0.25) is 5.02 Å². The summed E-state index contributed by atoms with van der Waals surface area (Å²) in [6.07, 6.45) is 9.69. The van der Waals surface area contributed by atoms with E-state index >= 15 is 0 Å². The first-order chi connectivity index (χ1) is 17.9. The molecule has 2 N–H and O–H groups in total. The number of anilines is 1. The van der Waals surface area contributed by atoms with Crippen LogP contribution >= 0.6 is 11.6 Å². The number of rotatable bonds is 6. The molecular weight excluding hydrogens is 492 g/mol. The molecule has 1 spiro atoms. The van der Waals surface area contributed by atoms with E-state index in [9.17, 15) is 9.59 Å². The Balaban J connectivity index is 1.34. The first kappa shape index (κ1) is 24.9. The lowest BCUT2D eigenvalue weighted by atomic mass is 9.95. The predicted octanol–water partition coefficient (Wildman–Crippen LogP) is 6.19. The molecule has 0 radical (unpaired) electrons. The van der Waals surface area contributed by atoms with Gasteiger partial charge >= 0.3 is 12.1 Å². The number of nitrogens with one attached hydrogen (secondary N) is 2. The van der Waals surface area contributed by atoms with Crippen LogP contribution in [-0.4, -0.2) is 39.4 Å². The molecule has 192 valence electrons. The molecule has 0 bridgehead atoms. The summed E-state index contributed by atoms with van der Waals surface area (Å²) in [4.78, 5) is 33.1. The SMILES string of the molecule is CCN1C(=O)NC(=CNc2ccc(Oc3cccc(C#N)n3)c(Cl)c2)N(C2CC23CCCCCC3)C1=O. The van der Waals surface area contributed by atoms with Crippen LogP contribution in [0.1, 0.15) is 57.6 Å². The van der Waals surface area contributed by atoms with Gasteiger partial charge in [0.25, 0.3) is 0 Å². The molecule has 37 heavy (non-hydrogen) atoms. The molecule has 10 heteroatoms. The molecule has 1 aromatic heterocycles. The number of amides is 4. The number of nitriles is 1. The minimum atomic E-state index is -0.429. The van der Waals surface area contributed by atoms with Crippen molar-refractivity contribution in [2.24, 2.45) is 5.41 Å². The average molecular weight is 521 g/mol.